The first-order chi connectivity index (χ1) is 14.1. The molecule has 0 saturated heterocycles. The molecule has 2 aromatic heterocycles. The second-order valence-corrected chi connectivity index (χ2v) is 8.19. The monoisotopic (exact) mass is 458 g/mol. The number of aromatic nitrogens is 3. The summed E-state index contributed by atoms with van der Waals surface area (Å²) in [5.74, 6) is 0.432. The van der Waals surface area contributed by atoms with Crippen molar-refractivity contribution in [3.8, 4) is 5.75 Å². The smallest absolute Gasteiger partial charge is 0.417 e. The van der Waals surface area contributed by atoms with E-state index in [0.29, 0.717) is 17.3 Å². The summed E-state index contributed by atoms with van der Waals surface area (Å²) in [6.07, 6.45) is -3.55. The molecule has 3 rings (SSSR count). The van der Waals surface area contributed by atoms with Gasteiger partial charge in [-0.25, -0.2) is 0 Å². The Bertz CT molecular complexity index is 1030. The quantitative estimate of drug-likeness (QED) is 0.490. The summed E-state index contributed by atoms with van der Waals surface area (Å²) in [5, 5.41) is 8.01. The molecule has 2 heterocycles. The lowest BCUT2D eigenvalue weighted by atomic mass is 10.3. The number of likely N-dealkylation sites (N-methyl/N-ethyl adjacent to an activating group) is 1. The normalized spacial score (nSPS) is 12.7. The number of hydrogen-bond donors (Lipinski definition) is 0. The van der Waals surface area contributed by atoms with Gasteiger partial charge in [0.05, 0.1) is 17.4 Å². The lowest BCUT2D eigenvalue weighted by Gasteiger charge is -2.21. The molecule has 6 nitrogen and oxygen atoms in total. The Kier molecular flexibility index (Phi) is 6.77. The Morgan fingerprint density at radius 2 is 1.93 bits per heavy atom. The first kappa shape index (κ1) is 22.2. The highest BCUT2D eigenvalue weighted by molar-refractivity contribution is 8.00. The molecular weight excluding hydrogens is 441 g/mol. The number of ether oxygens (including phenoxy) is 1. The van der Waals surface area contributed by atoms with Crippen LogP contribution in [0.15, 0.2) is 47.8 Å². The fourth-order valence-corrected chi connectivity index (χ4v) is 3.65. The minimum Gasteiger partial charge on any atom is -0.492 e. The summed E-state index contributed by atoms with van der Waals surface area (Å²) < 4.78 is 45.7. The maximum Gasteiger partial charge on any atom is 0.417 e. The molecule has 0 saturated carbocycles. The highest BCUT2D eigenvalue weighted by Crippen LogP contribution is 2.31. The van der Waals surface area contributed by atoms with Crippen LogP contribution in [0.25, 0.3) is 5.65 Å². The van der Waals surface area contributed by atoms with Crippen LogP contribution < -0.4 is 4.74 Å². The van der Waals surface area contributed by atoms with E-state index in [9.17, 15) is 18.0 Å². The lowest BCUT2D eigenvalue weighted by Crippen LogP contribution is -2.36. The third-order valence-electron chi connectivity index (χ3n) is 4.21. The van der Waals surface area contributed by atoms with E-state index in [2.05, 4.69) is 10.2 Å². The van der Waals surface area contributed by atoms with Crippen molar-refractivity contribution in [1.82, 2.24) is 19.5 Å². The van der Waals surface area contributed by atoms with Crippen LogP contribution in [0.2, 0.25) is 5.02 Å². The standard InChI is InChI=1S/C19H18ClF3N4O2S/c1-12(17(28)26(2)9-10-29-15-6-4-14(20)5-7-15)30-18-25-24-16-8-3-13(11-27(16)18)19(21,22)23/h3-8,11-12H,9-10H2,1-2H3. The number of nitrogens with zero attached hydrogens (tertiary/aromatic N) is 4. The van der Waals surface area contributed by atoms with Gasteiger partial charge >= 0.3 is 6.18 Å². The third-order valence-corrected chi connectivity index (χ3v) is 5.51. The molecule has 1 aromatic carbocycles. The number of amides is 1. The Hall–Kier alpha value is -2.46. The molecule has 3 aromatic rings. The van der Waals surface area contributed by atoms with Gasteiger partial charge < -0.3 is 9.64 Å². The molecule has 0 fully saturated rings. The molecule has 0 N–H and O–H groups in total. The maximum absolute atomic E-state index is 13.0. The summed E-state index contributed by atoms with van der Waals surface area (Å²) in [4.78, 5) is 14.1. The van der Waals surface area contributed by atoms with Crippen molar-refractivity contribution in [2.75, 3.05) is 20.2 Å². The van der Waals surface area contributed by atoms with Crippen molar-refractivity contribution in [3.05, 3.63) is 53.2 Å². The predicted octanol–water partition coefficient (Wildman–Crippen LogP) is 4.42. The molecule has 1 amide bonds. The lowest BCUT2D eigenvalue weighted by molar-refractivity contribution is -0.138. The zero-order valence-electron chi connectivity index (χ0n) is 16.1. The van der Waals surface area contributed by atoms with Gasteiger partial charge in [0.25, 0.3) is 0 Å². The largest absolute Gasteiger partial charge is 0.492 e. The van der Waals surface area contributed by atoms with E-state index in [1.165, 1.54) is 15.4 Å². The van der Waals surface area contributed by atoms with Gasteiger partial charge in [-0.1, -0.05) is 23.4 Å². The fourth-order valence-electron chi connectivity index (χ4n) is 2.58. The van der Waals surface area contributed by atoms with E-state index in [1.807, 2.05) is 0 Å². The zero-order chi connectivity index (χ0) is 21.9. The van der Waals surface area contributed by atoms with Crippen LogP contribution in [-0.4, -0.2) is 50.9 Å². The number of halogens is 4. The summed E-state index contributed by atoms with van der Waals surface area (Å²) in [7, 11) is 1.63. The van der Waals surface area contributed by atoms with E-state index in [1.54, 1.807) is 38.2 Å². The van der Waals surface area contributed by atoms with Gasteiger partial charge in [-0.15, -0.1) is 10.2 Å². The van der Waals surface area contributed by atoms with Crippen LogP contribution in [0.4, 0.5) is 13.2 Å². The second kappa shape index (κ2) is 9.13. The second-order valence-electron chi connectivity index (χ2n) is 6.45. The number of thioether (sulfide) groups is 1. The average molecular weight is 459 g/mol. The minimum atomic E-state index is -4.48. The topological polar surface area (TPSA) is 59.7 Å². The van der Waals surface area contributed by atoms with Crippen LogP contribution >= 0.6 is 23.4 Å². The highest BCUT2D eigenvalue weighted by Gasteiger charge is 2.31. The summed E-state index contributed by atoms with van der Waals surface area (Å²) >= 11 is 6.86. The van der Waals surface area contributed by atoms with E-state index in [-0.39, 0.29) is 23.3 Å². The summed E-state index contributed by atoms with van der Waals surface area (Å²) in [5.41, 5.74) is -0.540. The molecule has 0 aliphatic heterocycles. The molecule has 0 aliphatic rings. The van der Waals surface area contributed by atoms with Gasteiger partial charge in [0.15, 0.2) is 10.8 Å². The minimum absolute atomic E-state index is 0.205. The number of carbonyl (C=O) groups excluding carboxylic acids is 1. The van der Waals surface area contributed by atoms with Crippen LogP contribution in [0.1, 0.15) is 12.5 Å². The maximum atomic E-state index is 13.0. The molecule has 1 unspecified atom stereocenters. The Morgan fingerprint density at radius 1 is 1.23 bits per heavy atom. The molecule has 160 valence electrons. The highest BCUT2D eigenvalue weighted by atomic mass is 35.5. The van der Waals surface area contributed by atoms with Gasteiger partial charge in [-0.05, 0) is 43.3 Å². The van der Waals surface area contributed by atoms with E-state index in [4.69, 9.17) is 16.3 Å². The average Bonchev–Trinajstić information content (AvgIpc) is 3.10. The van der Waals surface area contributed by atoms with E-state index >= 15 is 0 Å². The zero-order valence-corrected chi connectivity index (χ0v) is 17.6. The van der Waals surface area contributed by atoms with Crippen molar-refractivity contribution >= 4 is 34.9 Å². The number of alkyl halides is 3. The predicted molar refractivity (Wildman–Crippen MR) is 108 cm³/mol. The van der Waals surface area contributed by atoms with Crippen LogP contribution in [-0.2, 0) is 11.0 Å². The number of benzene rings is 1. The van der Waals surface area contributed by atoms with Crippen molar-refractivity contribution < 1.29 is 22.7 Å². The third kappa shape index (κ3) is 5.37. The molecule has 0 spiro atoms. The molecule has 0 radical (unpaired) electrons. The molecule has 30 heavy (non-hydrogen) atoms. The molecule has 0 bridgehead atoms. The number of hydrogen-bond acceptors (Lipinski definition) is 5. The van der Waals surface area contributed by atoms with Crippen LogP contribution in [0.5, 0.6) is 5.75 Å². The van der Waals surface area contributed by atoms with Crippen LogP contribution in [0, 0.1) is 0 Å². The van der Waals surface area contributed by atoms with E-state index < -0.39 is 17.0 Å². The molecule has 1 atom stereocenters. The molecular formula is C19H18ClF3N4O2S. The first-order valence-electron chi connectivity index (χ1n) is 8.87. The Labute approximate surface area is 180 Å². The van der Waals surface area contributed by atoms with Gasteiger partial charge in [-0.2, -0.15) is 13.2 Å². The number of carbonyl (C=O) groups is 1. The summed E-state index contributed by atoms with van der Waals surface area (Å²) in [6, 6.07) is 9.06. The Morgan fingerprint density at radius 3 is 2.60 bits per heavy atom. The van der Waals surface area contributed by atoms with Crippen molar-refractivity contribution in [1.29, 1.82) is 0 Å². The van der Waals surface area contributed by atoms with Gasteiger partial charge in [0.2, 0.25) is 5.91 Å². The van der Waals surface area contributed by atoms with Crippen molar-refractivity contribution in [2.24, 2.45) is 0 Å². The van der Waals surface area contributed by atoms with Crippen molar-refractivity contribution in [3.63, 3.8) is 0 Å². The number of rotatable bonds is 7. The van der Waals surface area contributed by atoms with Crippen LogP contribution in [0.3, 0.4) is 0 Å². The Balaban J connectivity index is 1.60. The first-order valence-corrected chi connectivity index (χ1v) is 10.1. The van der Waals surface area contributed by atoms with E-state index in [0.717, 1.165) is 24.0 Å². The van der Waals surface area contributed by atoms with Crippen molar-refractivity contribution in [2.45, 2.75) is 23.5 Å². The van der Waals surface area contributed by atoms with Gasteiger partial charge in [0.1, 0.15) is 12.4 Å². The molecule has 0 aliphatic carbocycles. The van der Waals surface area contributed by atoms with Gasteiger partial charge in [-0.3, -0.25) is 9.20 Å². The molecule has 11 heteroatoms. The SMILES string of the molecule is CC(Sc1nnc2ccc(C(F)(F)F)cn12)C(=O)N(C)CCOc1ccc(Cl)cc1. The summed E-state index contributed by atoms with van der Waals surface area (Å²) in [6.45, 7) is 2.29. The number of fused-ring (bicyclic) bond motifs is 1. The van der Waals surface area contributed by atoms with Gasteiger partial charge in [0, 0.05) is 18.3 Å². The number of pyridine rings is 1. The fraction of sp³-hybridized carbons (Fsp3) is 0.316.